The summed E-state index contributed by atoms with van der Waals surface area (Å²) in [6.45, 7) is 4.21. The minimum Gasteiger partial charge on any atom is -0.494 e. The van der Waals surface area contributed by atoms with Crippen molar-refractivity contribution in [1.82, 2.24) is 20.9 Å². The van der Waals surface area contributed by atoms with Gasteiger partial charge in [0.15, 0.2) is 0 Å². The quantitative estimate of drug-likeness (QED) is 0.186. The minimum atomic E-state index is -0.844. The van der Waals surface area contributed by atoms with Gasteiger partial charge in [-0.15, -0.1) is 0 Å². The van der Waals surface area contributed by atoms with Gasteiger partial charge >= 0.3 is 0 Å². The number of nitrogens with one attached hydrogen (secondary N) is 3. The Morgan fingerprint density at radius 1 is 0.977 bits per heavy atom. The molecule has 2 unspecified atom stereocenters. The lowest BCUT2D eigenvalue weighted by atomic mass is 9.99. The van der Waals surface area contributed by atoms with Gasteiger partial charge in [0.05, 0.1) is 13.2 Å². The van der Waals surface area contributed by atoms with Crippen molar-refractivity contribution in [3.05, 3.63) is 90.0 Å². The van der Waals surface area contributed by atoms with E-state index in [4.69, 9.17) is 10.5 Å². The summed E-state index contributed by atoms with van der Waals surface area (Å²) < 4.78 is 5.67. The van der Waals surface area contributed by atoms with Crippen LogP contribution in [-0.2, 0) is 27.3 Å². The molecule has 1 fully saturated rings. The molecule has 10 nitrogen and oxygen atoms in total. The number of hydrogen-bond acceptors (Lipinski definition) is 7. The van der Waals surface area contributed by atoms with E-state index in [2.05, 4.69) is 20.9 Å². The molecule has 3 aromatic carbocycles. The van der Waals surface area contributed by atoms with Crippen LogP contribution < -0.4 is 31.3 Å². The van der Waals surface area contributed by atoms with Crippen LogP contribution in [0.5, 0.6) is 5.75 Å². The average Bonchev–Trinajstić information content (AvgIpc) is 3.05. The Morgan fingerprint density at radius 2 is 1.66 bits per heavy atom. The van der Waals surface area contributed by atoms with Gasteiger partial charge in [-0.3, -0.25) is 14.4 Å². The molecule has 1 heterocycles. The molecule has 3 amide bonds. The predicted octanol–water partition coefficient (Wildman–Crippen LogP) is 2.74. The summed E-state index contributed by atoms with van der Waals surface area (Å²) in [4.78, 5) is 43.4. The number of anilines is 2. The van der Waals surface area contributed by atoms with Gasteiger partial charge in [-0.25, -0.2) is 0 Å². The molecule has 0 aliphatic carbocycles. The summed E-state index contributed by atoms with van der Waals surface area (Å²) >= 11 is 0. The maximum atomic E-state index is 13.9. The van der Waals surface area contributed by atoms with Crippen LogP contribution in [0.25, 0.3) is 0 Å². The van der Waals surface area contributed by atoms with Gasteiger partial charge in [0, 0.05) is 37.9 Å². The van der Waals surface area contributed by atoms with E-state index < -0.39 is 12.1 Å². The first-order chi connectivity index (χ1) is 21.4. The molecule has 3 aromatic rings. The zero-order valence-electron chi connectivity index (χ0n) is 25.6. The van der Waals surface area contributed by atoms with Crippen molar-refractivity contribution in [2.75, 3.05) is 44.7 Å². The SMILES string of the molecule is CCCOc1ccc(CC2NC(=O)C(CNC(=O)CNCCCN)N(Cc3ccc(N(C)c4ccccc4)cc3)C2=O)cc1. The molecule has 1 aliphatic rings. The van der Waals surface area contributed by atoms with E-state index in [9.17, 15) is 14.4 Å². The van der Waals surface area contributed by atoms with Crippen LogP contribution in [0.4, 0.5) is 11.4 Å². The molecule has 0 spiro atoms. The number of nitrogens with zero attached hydrogens (tertiary/aromatic N) is 2. The third-order valence-corrected chi connectivity index (χ3v) is 7.57. The Kier molecular flexibility index (Phi) is 12.1. The lowest BCUT2D eigenvalue weighted by molar-refractivity contribution is -0.150. The third-order valence-electron chi connectivity index (χ3n) is 7.57. The first kappa shape index (κ1) is 32.5. The van der Waals surface area contributed by atoms with Gasteiger partial charge in [0.2, 0.25) is 17.7 Å². The van der Waals surface area contributed by atoms with E-state index in [0.29, 0.717) is 26.1 Å². The van der Waals surface area contributed by atoms with Crippen molar-refractivity contribution in [3.63, 3.8) is 0 Å². The minimum absolute atomic E-state index is 0.0139. The van der Waals surface area contributed by atoms with Crippen LogP contribution in [0.1, 0.15) is 30.9 Å². The highest BCUT2D eigenvalue weighted by atomic mass is 16.5. The number of hydrogen-bond donors (Lipinski definition) is 4. The second-order valence-electron chi connectivity index (χ2n) is 10.9. The van der Waals surface area contributed by atoms with E-state index in [1.165, 1.54) is 0 Å². The summed E-state index contributed by atoms with van der Waals surface area (Å²) in [5.41, 5.74) is 9.37. The molecule has 0 aromatic heterocycles. The standard InChI is InChI=1S/C34H44N6O4/c1-3-20-44-29-16-12-25(13-17-29)21-30-34(43)40(31(33(42)38-30)22-37-32(41)23-36-19-7-18-35)24-26-10-14-28(15-11-26)39(2)27-8-5-4-6-9-27/h4-6,8-17,30-31,36H,3,7,18-24,35H2,1-2H3,(H,37,41)(H,38,42). The highest BCUT2D eigenvalue weighted by Gasteiger charge is 2.40. The van der Waals surface area contributed by atoms with Crippen LogP contribution in [-0.4, -0.2) is 74.5 Å². The monoisotopic (exact) mass is 600 g/mol. The number of ether oxygens (including phenoxy) is 1. The Balaban J connectivity index is 1.48. The molecule has 1 saturated heterocycles. The highest BCUT2D eigenvalue weighted by molar-refractivity contribution is 5.97. The lowest BCUT2D eigenvalue weighted by Crippen LogP contribution is -2.66. The van der Waals surface area contributed by atoms with E-state index >= 15 is 0 Å². The topological polar surface area (TPSA) is 129 Å². The van der Waals surface area contributed by atoms with Crippen molar-refractivity contribution >= 4 is 29.1 Å². The molecule has 234 valence electrons. The fraction of sp³-hybridized carbons (Fsp3) is 0.382. The number of amides is 3. The number of carbonyl (C=O) groups is 3. The van der Waals surface area contributed by atoms with E-state index in [0.717, 1.165) is 41.1 Å². The summed E-state index contributed by atoms with van der Waals surface area (Å²) in [6, 6.07) is 24.0. The first-order valence-electron chi connectivity index (χ1n) is 15.3. The molecular weight excluding hydrogens is 556 g/mol. The Labute approximate surface area is 259 Å². The average molecular weight is 601 g/mol. The normalized spacial score (nSPS) is 16.4. The van der Waals surface area contributed by atoms with Crippen LogP contribution in [0.3, 0.4) is 0 Å². The summed E-state index contributed by atoms with van der Waals surface area (Å²) in [7, 11) is 2.00. The smallest absolute Gasteiger partial charge is 0.246 e. The third kappa shape index (κ3) is 9.05. The number of para-hydroxylation sites is 1. The molecule has 2 atom stereocenters. The molecule has 0 bridgehead atoms. The zero-order chi connectivity index (χ0) is 31.3. The van der Waals surface area contributed by atoms with E-state index in [1.807, 2.05) is 92.8 Å². The Morgan fingerprint density at radius 3 is 2.34 bits per heavy atom. The summed E-state index contributed by atoms with van der Waals surface area (Å²) in [5.74, 6) is 0.0324. The van der Waals surface area contributed by atoms with Crippen molar-refractivity contribution in [1.29, 1.82) is 0 Å². The van der Waals surface area contributed by atoms with Crippen LogP contribution in [0.15, 0.2) is 78.9 Å². The maximum absolute atomic E-state index is 13.9. The van der Waals surface area contributed by atoms with Gasteiger partial charge in [-0.1, -0.05) is 49.4 Å². The van der Waals surface area contributed by atoms with Gasteiger partial charge < -0.3 is 36.2 Å². The Hall–Kier alpha value is -4.41. The van der Waals surface area contributed by atoms with E-state index in [-0.39, 0.29) is 37.4 Å². The second-order valence-corrected chi connectivity index (χ2v) is 10.9. The largest absolute Gasteiger partial charge is 0.494 e. The van der Waals surface area contributed by atoms with Crippen molar-refractivity contribution in [3.8, 4) is 5.75 Å². The Bertz CT molecular complexity index is 1350. The van der Waals surface area contributed by atoms with Crippen molar-refractivity contribution in [2.45, 2.75) is 44.8 Å². The molecule has 0 saturated carbocycles. The molecule has 5 N–H and O–H groups in total. The van der Waals surface area contributed by atoms with Crippen LogP contribution in [0, 0.1) is 0 Å². The maximum Gasteiger partial charge on any atom is 0.246 e. The number of piperazine rings is 1. The second kappa shape index (κ2) is 16.4. The van der Waals surface area contributed by atoms with Gasteiger partial charge in [0.1, 0.15) is 17.8 Å². The molecule has 44 heavy (non-hydrogen) atoms. The first-order valence-corrected chi connectivity index (χ1v) is 15.3. The fourth-order valence-electron chi connectivity index (χ4n) is 5.06. The van der Waals surface area contributed by atoms with Gasteiger partial charge in [0.25, 0.3) is 0 Å². The number of benzene rings is 3. The van der Waals surface area contributed by atoms with Gasteiger partial charge in [-0.05, 0) is 73.5 Å². The zero-order valence-corrected chi connectivity index (χ0v) is 25.6. The molecular formula is C34H44N6O4. The summed E-state index contributed by atoms with van der Waals surface area (Å²) in [6.07, 6.45) is 2.02. The van der Waals surface area contributed by atoms with Crippen LogP contribution >= 0.6 is 0 Å². The van der Waals surface area contributed by atoms with Crippen molar-refractivity contribution in [2.24, 2.45) is 5.73 Å². The van der Waals surface area contributed by atoms with Gasteiger partial charge in [-0.2, -0.15) is 0 Å². The fourth-order valence-corrected chi connectivity index (χ4v) is 5.06. The molecule has 4 rings (SSSR count). The van der Waals surface area contributed by atoms with E-state index in [1.54, 1.807) is 4.90 Å². The number of carbonyl (C=O) groups excluding carboxylic acids is 3. The molecule has 0 radical (unpaired) electrons. The van der Waals surface area contributed by atoms with Crippen molar-refractivity contribution < 1.29 is 19.1 Å². The number of nitrogens with two attached hydrogens (primary N) is 1. The number of rotatable bonds is 16. The summed E-state index contributed by atoms with van der Waals surface area (Å²) in [5, 5.41) is 8.76. The predicted molar refractivity (Wildman–Crippen MR) is 173 cm³/mol. The highest BCUT2D eigenvalue weighted by Crippen LogP contribution is 2.25. The molecule has 10 heteroatoms. The van der Waals surface area contributed by atoms with Crippen LogP contribution in [0.2, 0.25) is 0 Å². The molecule has 1 aliphatic heterocycles. The lowest BCUT2D eigenvalue weighted by Gasteiger charge is -2.39.